The number of carbonyl (C=O) groups excluding carboxylic acids is 1. The minimum Gasteiger partial charge on any atom is -0.535 e. The van der Waals surface area contributed by atoms with E-state index in [9.17, 15) is 24.8 Å². The lowest BCUT2D eigenvalue weighted by molar-refractivity contribution is -0.144. The van der Waals surface area contributed by atoms with Crippen molar-refractivity contribution >= 4 is 19.0 Å². The van der Waals surface area contributed by atoms with Crippen LogP contribution in [0.3, 0.4) is 0 Å². The molecule has 2 fully saturated rings. The maximum atomic E-state index is 12.3. The maximum Gasteiger partial charge on any atom is 0.522 e. The Morgan fingerprint density at radius 1 is 1.33 bits per heavy atom. The third kappa shape index (κ3) is 3.35. The zero-order valence-electron chi connectivity index (χ0n) is 14.6. The van der Waals surface area contributed by atoms with E-state index in [0.29, 0.717) is 38.8 Å². The number of carboxylic acids is 1. The molecule has 0 aromatic heterocycles. The van der Waals surface area contributed by atoms with E-state index < -0.39 is 25.2 Å². The van der Waals surface area contributed by atoms with Gasteiger partial charge in [0.2, 0.25) is 5.91 Å². The first-order chi connectivity index (χ1) is 12.9. The van der Waals surface area contributed by atoms with Gasteiger partial charge in [0.05, 0.1) is 19.2 Å². The number of benzene rings is 1. The third-order valence-corrected chi connectivity index (χ3v) is 5.24. The lowest BCUT2D eigenvalue weighted by Crippen LogP contribution is -2.61. The number of carboxylic acid groups (broad SMARTS) is 1. The molecule has 0 radical (unpaired) electrons. The average molecular weight is 376 g/mol. The van der Waals surface area contributed by atoms with Gasteiger partial charge in [0, 0.05) is 0 Å². The molecule has 3 aliphatic heterocycles. The summed E-state index contributed by atoms with van der Waals surface area (Å²) in [6.45, 7) is 1.25. The number of amides is 1. The number of nitrogens with zero attached hydrogens (tertiary/aromatic N) is 1. The Morgan fingerprint density at radius 3 is 2.78 bits per heavy atom. The number of hydrogen-bond donors (Lipinski definition) is 4. The second-order valence-electron chi connectivity index (χ2n) is 7.11. The Kier molecular flexibility index (Phi) is 4.71. The van der Waals surface area contributed by atoms with Crippen LogP contribution in [-0.2, 0) is 11.2 Å². The van der Waals surface area contributed by atoms with E-state index in [2.05, 4.69) is 5.32 Å². The molecule has 2 saturated heterocycles. The van der Waals surface area contributed by atoms with Crippen LogP contribution in [-0.4, -0.2) is 77.0 Å². The van der Waals surface area contributed by atoms with Gasteiger partial charge < -0.3 is 34.8 Å². The molecule has 144 valence electrons. The van der Waals surface area contributed by atoms with E-state index in [1.165, 1.54) is 0 Å². The number of fused-ring (bicyclic) bond motifs is 1. The number of carbonyl (C=O) groups is 2. The number of hydrogen-bond acceptors (Lipinski definition) is 7. The molecule has 3 aliphatic rings. The fourth-order valence-electron chi connectivity index (χ4n) is 3.72. The Bertz CT molecular complexity index is 768. The van der Waals surface area contributed by atoms with E-state index in [0.717, 1.165) is 5.56 Å². The molecule has 3 heterocycles. The smallest absolute Gasteiger partial charge is 0.522 e. The Morgan fingerprint density at radius 2 is 2.11 bits per heavy atom. The largest absolute Gasteiger partial charge is 0.535 e. The number of nitrogens with one attached hydrogen (secondary N) is 1. The third-order valence-electron chi connectivity index (χ3n) is 5.24. The number of rotatable bonds is 4. The first-order valence-electron chi connectivity index (χ1n) is 9.05. The van der Waals surface area contributed by atoms with Crippen LogP contribution in [0.25, 0.3) is 0 Å². The van der Waals surface area contributed by atoms with Crippen LogP contribution in [0.5, 0.6) is 11.5 Å². The first kappa shape index (κ1) is 18.1. The van der Waals surface area contributed by atoms with Gasteiger partial charge in [-0.3, -0.25) is 4.79 Å². The summed E-state index contributed by atoms with van der Waals surface area (Å²) in [5.41, 5.74) is 0.612. The van der Waals surface area contributed by atoms with Crippen molar-refractivity contribution in [2.45, 2.75) is 37.4 Å². The van der Waals surface area contributed by atoms with E-state index in [-0.39, 0.29) is 29.1 Å². The highest BCUT2D eigenvalue weighted by atomic mass is 16.5. The molecular weight excluding hydrogens is 355 g/mol. The molecule has 4 N–H and O–H groups in total. The van der Waals surface area contributed by atoms with E-state index in [4.69, 9.17) is 9.39 Å². The van der Waals surface area contributed by atoms with Gasteiger partial charge >= 0.3 is 13.1 Å². The molecule has 2 atom stereocenters. The minimum absolute atomic E-state index is 0.107. The molecule has 0 spiro atoms. The van der Waals surface area contributed by atoms with Crippen LogP contribution in [0.15, 0.2) is 12.1 Å². The molecule has 1 unspecified atom stereocenters. The summed E-state index contributed by atoms with van der Waals surface area (Å²) in [7, 11) is -1.03. The van der Waals surface area contributed by atoms with Crippen LogP contribution < -0.4 is 14.7 Å². The molecule has 0 saturated carbocycles. The number of aryl methyl sites for hydroxylation is 1. The maximum absolute atomic E-state index is 12.3. The molecule has 27 heavy (non-hydrogen) atoms. The molecule has 1 aromatic carbocycles. The molecule has 0 aliphatic carbocycles. The zero-order valence-corrected chi connectivity index (χ0v) is 14.6. The van der Waals surface area contributed by atoms with E-state index in [1.807, 2.05) is 0 Å². The molecular formula is C17H21BN2O7. The summed E-state index contributed by atoms with van der Waals surface area (Å²) < 4.78 is 11.1. The quantitative estimate of drug-likeness (QED) is 0.499. The van der Waals surface area contributed by atoms with E-state index in [1.54, 1.807) is 17.0 Å². The normalized spacial score (nSPS) is 24.8. The summed E-state index contributed by atoms with van der Waals surface area (Å²) in [4.78, 5) is 25.7. The minimum atomic E-state index is -1.19. The van der Waals surface area contributed by atoms with Gasteiger partial charge in [0.1, 0.15) is 29.2 Å². The van der Waals surface area contributed by atoms with Gasteiger partial charge in [0.15, 0.2) is 0 Å². The summed E-state index contributed by atoms with van der Waals surface area (Å²) in [6.07, 6.45) is 0.469. The van der Waals surface area contributed by atoms with Crippen LogP contribution >= 0.6 is 0 Å². The van der Waals surface area contributed by atoms with Crippen molar-refractivity contribution in [1.29, 1.82) is 0 Å². The summed E-state index contributed by atoms with van der Waals surface area (Å²) in [5, 5.41) is 32.1. The standard InChI is InChI=1S/C17H21BN2O7/c21-11-4-6-19-14(11)16(22)20-7-10(8-20)26-12-2-1-9-3-5-18(25)27-15(9)13(12)17(23)24/h1-2,10-11,14,19,21,25H,3-8H2,(H,23,24)/t11-,14?/m1/s1. The van der Waals surface area contributed by atoms with Crippen molar-refractivity contribution in [3.63, 3.8) is 0 Å². The fraction of sp³-hybridized carbons (Fsp3) is 0.529. The summed E-state index contributed by atoms with van der Waals surface area (Å²) >= 11 is 0. The predicted octanol–water partition coefficient (Wildman–Crippen LogP) is -0.887. The predicted molar refractivity (Wildman–Crippen MR) is 93.9 cm³/mol. The second-order valence-corrected chi connectivity index (χ2v) is 7.11. The number of aliphatic hydroxyl groups is 1. The molecule has 1 amide bonds. The van der Waals surface area contributed by atoms with Crippen LogP contribution in [0.2, 0.25) is 6.32 Å². The van der Waals surface area contributed by atoms with Crippen molar-refractivity contribution < 1.29 is 34.2 Å². The number of likely N-dealkylation sites (tertiary alicyclic amines) is 1. The highest BCUT2D eigenvalue weighted by Gasteiger charge is 2.41. The molecule has 0 bridgehead atoms. The van der Waals surface area contributed by atoms with Crippen LogP contribution in [0.1, 0.15) is 22.3 Å². The number of aromatic carboxylic acids is 1. The molecule has 1 aromatic rings. The lowest BCUT2D eigenvalue weighted by atomic mass is 9.78. The van der Waals surface area contributed by atoms with Crippen molar-refractivity contribution in [1.82, 2.24) is 10.2 Å². The van der Waals surface area contributed by atoms with Crippen molar-refractivity contribution in [2.24, 2.45) is 0 Å². The average Bonchev–Trinajstić information content (AvgIpc) is 3.02. The lowest BCUT2D eigenvalue weighted by Gasteiger charge is -2.40. The Balaban J connectivity index is 1.44. The Labute approximate surface area is 156 Å². The molecule has 4 rings (SSSR count). The molecule has 10 heteroatoms. The van der Waals surface area contributed by atoms with Crippen LogP contribution in [0, 0.1) is 0 Å². The fourth-order valence-corrected chi connectivity index (χ4v) is 3.72. The monoisotopic (exact) mass is 376 g/mol. The summed E-state index contributed by atoms with van der Waals surface area (Å²) in [5.74, 6) is -1.06. The SMILES string of the molecule is O=C(O)c1c(OC2CN(C(=O)C3NCC[C@H]3O)C2)ccc2c1OB(O)CC2. The summed E-state index contributed by atoms with van der Waals surface area (Å²) in [6, 6.07) is 2.75. The second kappa shape index (κ2) is 7.03. The highest BCUT2D eigenvalue weighted by Crippen LogP contribution is 2.37. The van der Waals surface area contributed by atoms with Gasteiger partial charge in [-0.2, -0.15) is 0 Å². The highest BCUT2D eigenvalue weighted by molar-refractivity contribution is 6.44. The van der Waals surface area contributed by atoms with Gasteiger partial charge in [-0.25, -0.2) is 4.79 Å². The number of aliphatic hydroxyl groups excluding tert-OH is 1. The first-order valence-corrected chi connectivity index (χ1v) is 9.05. The van der Waals surface area contributed by atoms with E-state index >= 15 is 0 Å². The van der Waals surface area contributed by atoms with Crippen molar-refractivity contribution in [3.05, 3.63) is 23.3 Å². The van der Waals surface area contributed by atoms with Gasteiger partial charge in [-0.1, -0.05) is 6.07 Å². The van der Waals surface area contributed by atoms with Gasteiger partial charge in [0.25, 0.3) is 0 Å². The topological polar surface area (TPSA) is 129 Å². The van der Waals surface area contributed by atoms with Crippen LogP contribution in [0.4, 0.5) is 0 Å². The molecule has 9 nitrogen and oxygen atoms in total. The van der Waals surface area contributed by atoms with Gasteiger partial charge in [-0.05, 0) is 37.3 Å². The Hall–Kier alpha value is -2.30. The number of ether oxygens (including phenoxy) is 1. The zero-order chi connectivity index (χ0) is 19.1. The van der Waals surface area contributed by atoms with Gasteiger partial charge in [-0.15, -0.1) is 0 Å². The van der Waals surface area contributed by atoms with Crippen molar-refractivity contribution in [2.75, 3.05) is 19.6 Å². The van der Waals surface area contributed by atoms with Crippen molar-refractivity contribution in [3.8, 4) is 11.5 Å².